The Morgan fingerprint density at radius 1 is 1.10 bits per heavy atom. The largest absolute Gasteiger partial charge is 0.365 e. The summed E-state index contributed by atoms with van der Waals surface area (Å²) >= 11 is 12.0. The SMILES string of the molecule is Cc1cc(CNc2nc(NN)c(Cl)cc2Cl)cc(C)c1F. The molecular formula is C14H15Cl2FN4. The first-order valence-corrected chi connectivity index (χ1v) is 7.00. The number of nitrogens with zero attached hydrogens (tertiary/aromatic N) is 1. The fourth-order valence-electron chi connectivity index (χ4n) is 2.02. The fraction of sp³-hybridized carbons (Fsp3) is 0.214. The quantitative estimate of drug-likeness (QED) is 0.585. The maximum absolute atomic E-state index is 13.6. The summed E-state index contributed by atoms with van der Waals surface area (Å²) in [5.41, 5.74) is 4.53. The first kappa shape index (κ1) is 15.8. The van der Waals surface area contributed by atoms with Crippen LogP contribution in [0.25, 0.3) is 0 Å². The zero-order valence-corrected chi connectivity index (χ0v) is 13.1. The summed E-state index contributed by atoms with van der Waals surface area (Å²) in [5, 5.41) is 3.80. The molecule has 0 bridgehead atoms. The Balaban J connectivity index is 2.20. The summed E-state index contributed by atoms with van der Waals surface area (Å²) in [4.78, 5) is 4.18. The van der Waals surface area contributed by atoms with Crippen LogP contribution in [0, 0.1) is 19.7 Å². The van der Waals surface area contributed by atoms with E-state index in [4.69, 9.17) is 29.0 Å². The standard InChI is InChI=1S/C14H15Cl2FN4/c1-7-3-9(4-8(2)12(7)17)6-19-13-10(15)5-11(16)14(20-13)21-18/h3-5H,6,18H2,1-2H3,(H2,19,20,21). The van der Waals surface area contributed by atoms with Crippen molar-refractivity contribution in [2.24, 2.45) is 5.84 Å². The van der Waals surface area contributed by atoms with E-state index < -0.39 is 0 Å². The van der Waals surface area contributed by atoms with E-state index in [9.17, 15) is 4.39 Å². The van der Waals surface area contributed by atoms with Crippen molar-refractivity contribution in [3.63, 3.8) is 0 Å². The van der Waals surface area contributed by atoms with Crippen LogP contribution in [-0.2, 0) is 6.54 Å². The summed E-state index contributed by atoms with van der Waals surface area (Å²) in [6.07, 6.45) is 0. The number of benzene rings is 1. The number of rotatable bonds is 4. The minimum atomic E-state index is -0.184. The molecule has 112 valence electrons. The van der Waals surface area contributed by atoms with Gasteiger partial charge in [-0.15, -0.1) is 0 Å². The number of pyridine rings is 1. The molecule has 7 heteroatoms. The number of hydrogen-bond donors (Lipinski definition) is 3. The number of anilines is 2. The summed E-state index contributed by atoms with van der Waals surface area (Å²) in [6, 6.07) is 5.11. The Hall–Kier alpha value is -1.56. The molecule has 0 aliphatic heterocycles. The van der Waals surface area contributed by atoms with Crippen molar-refractivity contribution in [1.29, 1.82) is 0 Å². The van der Waals surface area contributed by atoms with E-state index in [1.54, 1.807) is 32.0 Å². The molecule has 1 heterocycles. The van der Waals surface area contributed by atoms with E-state index in [1.807, 2.05) is 0 Å². The molecule has 0 spiro atoms. The van der Waals surface area contributed by atoms with Crippen molar-refractivity contribution in [2.45, 2.75) is 20.4 Å². The molecule has 4 nitrogen and oxygen atoms in total. The lowest BCUT2D eigenvalue weighted by Gasteiger charge is -2.12. The van der Waals surface area contributed by atoms with Crippen molar-refractivity contribution < 1.29 is 4.39 Å². The lowest BCUT2D eigenvalue weighted by molar-refractivity contribution is 0.608. The third-order valence-corrected chi connectivity index (χ3v) is 3.60. The lowest BCUT2D eigenvalue weighted by Crippen LogP contribution is -2.11. The first-order chi connectivity index (χ1) is 9.92. The highest BCUT2D eigenvalue weighted by molar-refractivity contribution is 6.37. The molecule has 0 radical (unpaired) electrons. The smallest absolute Gasteiger partial charge is 0.161 e. The van der Waals surface area contributed by atoms with Gasteiger partial charge in [-0.2, -0.15) is 0 Å². The number of nitrogens with one attached hydrogen (secondary N) is 2. The Bertz CT molecular complexity index is 653. The van der Waals surface area contributed by atoms with Gasteiger partial charge >= 0.3 is 0 Å². The Labute approximate surface area is 132 Å². The molecule has 0 aliphatic rings. The number of nitrogens with two attached hydrogens (primary N) is 1. The van der Waals surface area contributed by atoms with E-state index >= 15 is 0 Å². The van der Waals surface area contributed by atoms with Gasteiger partial charge in [0, 0.05) is 6.54 Å². The first-order valence-electron chi connectivity index (χ1n) is 6.24. The van der Waals surface area contributed by atoms with Crippen LogP contribution in [-0.4, -0.2) is 4.98 Å². The lowest BCUT2D eigenvalue weighted by atomic mass is 10.1. The van der Waals surface area contributed by atoms with Crippen molar-refractivity contribution in [2.75, 3.05) is 10.7 Å². The monoisotopic (exact) mass is 328 g/mol. The maximum atomic E-state index is 13.6. The number of aryl methyl sites for hydroxylation is 2. The van der Waals surface area contributed by atoms with Crippen LogP contribution in [0.2, 0.25) is 10.0 Å². The summed E-state index contributed by atoms with van der Waals surface area (Å²) in [7, 11) is 0. The molecule has 0 saturated heterocycles. The summed E-state index contributed by atoms with van der Waals surface area (Å²) < 4.78 is 13.6. The number of aromatic nitrogens is 1. The molecule has 1 aromatic heterocycles. The molecule has 4 N–H and O–H groups in total. The van der Waals surface area contributed by atoms with Gasteiger partial charge in [-0.3, -0.25) is 0 Å². The average molecular weight is 329 g/mol. The average Bonchev–Trinajstić information content (AvgIpc) is 2.43. The van der Waals surface area contributed by atoms with Gasteiger partial charge in [-0.1, -0.05) is 35.3 Å². The van der Waals surface area contributed by atoms with Crippen LogP contribution in [0.3, 0.4) is 0 Å². The second-order valence-electron chi connectivity index (χ2n) is 4.69. The minimum absolute atomic E-state index is 0.184. The highest BCUT2D eigenvalue weighted by atomic mass is 35.5. The molecule has 1 aromatic carbocycles. The fourth-order valence-corrected chi connectivity index (χ4v) is 2.50. The predicted octanol–water partition coefficient (Wildman–Crippen LogP) is 4.04. The minimum Gasteiger partial charge on any atom is -0.365 e. The van der Waals surface area contributed by atoms with E-state index in [-0.39, 0.29) is 5.82 Å². The summed E-state index contributed by atoms with van der Waals surface area (Å²) in [5.74, 6) is 5.92. The molecule has 0 saturated carbocycles. The van der Waals surface area contributed by atoms with E-state index in [2.05, 4.69) is 15.7 Å². The predicted molar refractivity (Wildman–Crippen MR) is 85.3 cm³/mol. The molecule has 0 amide bonds. The van der Waals surface area contributed by atoms with E-state index in [0.29, 0.717) is 39.4 Å². The number of hydrazine groups is 1. The van der Waals surface area contributed by atoms with Crippen LogP contribution in [0.15, 0.2) is 18.2 Å². The van der Waals surface area contributed by atoms with Crippen LogP contribution < -0.4 is 16.6 Å². The second-order valence-corrected chi connectivity index (χ2v) is 5.51. The van der Waals surface area contributed by atoms with Gasteiger partial charge in [0.1, 0.15) is 11.6 Å². The van der Waals surface area contributed by atoms with E-state index in [1.165, 1.54) is 0 Å². The van der Waals surface area contributed by atoms with Gasteiger partial charge in [-0.25, -0.2) is 15.2 Å². The van der Waals surface area contributed by atoms with Crippen LogP contribution in [0.4, 0.5) is 16.0 Å². The molecule has 0 unspecified atom stereocenters. The Morgan fingerprint density at radius 2 is 1.67 bits per heavy atom. The van der Waals surface area contributed by atoms with Gasteiger partial charge < -0.3 is 10.7 Å². The molecule has 0 atom stereocenters. The Kier molecular flexibility index (Phi) is 4.88. The molecule has 0 aliphatic carbocycles. The van der Waals surface area contributed by atoms with Gasteiger partial charge in [-0.05, 0) is 36.6 Å². The number of hydrogen-bond acceptors (Lipinski definition) is 4. The van der Waals surface area contributed by atoms with Crippen molar-refractivity contribution in [3.8, 4) is 0 Å². The maximum Gasteiger partial charge on any atom is 0.161 e. The topological polar surface area (TPSA) is 63.0 Å². The van der Waals surface area contributed by atoms with Gasteiger partial charge in [0.15, 0.2) is 5.82 Å². The zero-order chi connectivity index (χ0) is 15.6. The van der Waals surface area contributed by atoms with Crippen molar-refractivity contribution in [1.82, 2.24) is 4.98 Å². The van der Waals surface area contributed by atoms with Crippen LogP contribution in [0.1, 0.15) is 16.7 Å². The van der Waals surface area contributed by atoms with Gasteiger partial charge in [0.2, 0.25) is 0 Å². The normalized spacial score (nSPS) is 10.6. The molecular weight excluding hydrogens is 314 g/mol. The van der Waals surface area contributed by atoms with Crippen molar-refractivity contribution in [3.05, 3.63) is 50.8 Å². The third-order valence-electron chi connectivity index (χ3n) is 3.02. The highest BCUT2D eigenvalue weighted by Gasteiger charge is 2.09. The highest BCUT2D eigenvalue weighted by Crippen LogP contribution is 2.29. The Morgan fingerprint density at radius 3 is 2.24 bits per heavy atom. The van der Waals surface area contributed by atoms with Gasteiger partial charge in [0.05, 0.1) is 10.0 Å². The van der Waals surface area contributed by atoms with Crippen molar-refractivity contribution >= 4 is 34.8 Å². The molecule has 21 heavy (non-hydrogen) atoms. The van der Waals surface area contributed by atoms with Gasteiger partial charge in [0.25, 0.3) is 0 Å². The molecule has 0 fully saturated rings. The van der Waals surface area contributed by atoms with Crippen LogP contribution in [0.5, 0.6) is 0 Å². The molecule has 2 rings (SSSR count). The van der Waals surface area contributed by atoms with Crippen LogP contribution >= 0.6 is 23.2 Å². The molecule has 2 aromatic rings. The number of halogens is 3. The number of nitrogen functional groups attached to an aromatic ring is 1. The second kappa shape index (κ2) is 6.47. The zero-order valence-electron chi connectivity index (χ0n) is 11.6. The summed E-state index contributed by atoms with van der Waals surface area (Å²) in [6.45, 7) is 3.92. The third kappa shape index (κ3) is 3.56. The van der Waals surface area contributed by atoms with E-state index in [0.717, 1.165) is 5.56 Å².